The van der Waals surface area contributed by atoms with Crippen LogP contribution in [0.2, 0.25) is 0 Å². The van der Waals surface area contributed by atoms with Gasteiger partial charge in [0.15, 0.2) is 0 Å². The molecule has 0 saturated carbocycles. The van der Waals surface area contributed by atoms with E-state index in [0.29, 0.717) is 6.54 Å². The summed E-state index contributed by atoms with van der Waals surface area (Å²) < 4.78 is 2.00. The van der Waals surface area contributed by atoms with Crippen LogP contribution < -0.4 is 0 Å². The van der Waals surface area contributed by atoms with Crippen molar-refractivity contribution in [2.45, 2.75) is 45.3 Å². The number of nitrogens with zero attached hydrogens (tertiary/aromatic N) is 4. The van der Waals surface area contributed by atoms with Gasteiger partial charge in [-0.2, -0.15) is 0 Å². The summed E-state index contributed by atoms with van der Waals surface area (Å²) in [6.07, 6.45) is 4.62. The zero-order valence-corrected chi connectivity index (χ0v) is 12.6. The number of aryl methyl sites for hydroxylation is 1. The van der Waals surface area contributed by atoms with Crippen LogP contribution in [0, 0.1) is 0 Å². The summed E-state index contributed by atoms with van der Waals surface area (Å²) in [6.45, 7) is 7.82. The van der Waals surface area contributed by atoms with E-state index >= 15 is 0 Å². The second-order valence-electron chi connectivity index (χ2n) is 6.33. The van der Waals surface area contributed by atoms with E-state index in [0.717, 1.165) is 18.8 Å². The standard InChI is InChI=1S/C14H24N4O/c1-14(2,3)18-8-6-11(13(18)19)17(5)10-12-15-7-9-16(12)4/h7,9,11H,6,8,10H2,1-5H3. The third kappa shape index (κ3) is 2.81. The molecule has 1 atom stereocenters. The van der Waals surface area contributed by atoms with Gasteiger partial charge in [-0.05, 0) is 34.2 Å². The molecule has 1 aromatic rings. The highest BCUT2D eigenvalue weighted by atomic mass is 16.2. The smallest absolute Gasteiger partial charge is 0.240 e. The molecular weight excluding hydrogens is 240 g/mol. The number of likely N-dealkylation sites (tertiary alicyclic amines) is 1. The summed E-state index contributed by atoms with van der Waals surface area (Å²) in [5, 5.41) is 0. The lowest BCUT2D eigenvalue weighted by Gasteiger charge is -2.33. The van der Waals surface area contributed by atoms with E-state index in [2.05, 4.69) is 30.7 Å². The van der Waals surface area contributed by atoms with Crippen molar-refractivity contribution >= 4 is 5.91 Å². The van der Waals surface area contributed by atoms with Crippen LogP contribution in [0.5, 0.6) is 0 Å². The molecule has 1 aliphatic heterocycles. The van der Waals surface area contributed by atoms with Crippen LogP contribution in [-0.2, 0) is 18.4 Å². The quantitative estimate of drug-likeness (QED) is 0.825. The molecule has 0 bridgehead atoms. The minimum absolute atomic E-state index is 0.0177. The molecule has 2 heterocycles. The van der Waals surface area contributed by atoms with Gasteiger partial charge in [0.2, 0.25) is 5.91 Å². The molecule has 19 heavy (non-hydrogen) atoms. The minimum atomic E-state index is -0.0874. The Bertz CT molecular complexity index is 460. The average Bonchev–Trinajstić information content (AvgIpc) is 2.85. The van der Waals surface area contributed by atoms with Crippen molar-refractivity contribution < 1.29 is 4.79 Å². The highest BCUT2D eigenvalue weighted by Crippen LogP contribution is 2.25. The van der Waals surface area contributed by atoms with E-state index in [1.54, 1.807) is 6.20 Å². The molecule has 1 fully saturated rings. The maximum Gasteiger partial charge on any atom is 0.240 e. The molecule has 1 unspecified atom stereocenters. The Morgan fingerprint density at radius 3 is 2.63 bits per heavy atom. The number of carbonyl (C=O) groups is 1. The van der Waals surface area contributed by atoms with E-state index in [4.69, 9.17) is 0 Å². The summed E-state index contributed by atoms with van der Waals surface area (Å²) >= 11 is 0. The van der Waals surface area contributed by atoms with Gasteiger partial charge in [-0.15, -0.1) is 0 Å². The fourth-order valence-electron chi connectivity index (χ4n) is 2.62. The van der Waals surface area contributed by atoms with Crippen LogP contribution in [0.15, 0.2) is 12.4 Å². The van der Waals surface area contributed by atoms with E-state index in [-0.39, 0.29) is 17.5 Å². The lowest BCUT2D eigenvalue weighted by atomic mass is 10.1. The number of aromatic nitrogens is 2. The van der Waals surface area contributed by atoms with Gasteiger partial charge in [0.1, 0.15) is 5.82 Å². The second-order valence-corrected chi connectivity index (χ2v) is 6.33. The van der Waals surface area contributed by atoms with Gasteiger partial charge in [0, 0.05) is 31.5 Å². The molecule has 0 aliphatic carbocycles. The van der Waals surface area contributed by atoms with E-state index in [9.17, 15) is 4.79 Å². The number of imidazole rings is 1. The predicted molar refractivity (Wildman–Crippen MR) is 74.5 cm³/mol. The van der Waals surface area contributed by atoms with Crippen molar-refractivity contribution in [1.82, 2.24) is 19.4 Å². The first-order chi connectivity index (χ1) is 8.80. The van der Waals surface area contributed by atoms with Crippen LogP contribution in [-0.4, -0.2) is 50.4 Å². The monoisotopic (exact) mass is 264 g/mol. The van der Waals surface area contributed by atoms with Gasteiger partial charge in [-0.25, -0.2) is 4.98 Å². The minimum Gasteiger partial charge on any atom is -0.337 e. The number of hydrogen-bond donors (Lipinski definition) is 0. The number of carbonyl (C=O) groups excluding carboxylic acids is 1. The molecule has 1 amide bonds. The van der Waals surface area contributed by atoms with Gasteiger partial charge >= 0.3 is 0 Å². The first-order valence-electron chi connectivity index (χ1n) is 6.78. The lowest BCUT2D eigenvalue weighted by molar-refractivity contribution is -0.135. The zero-order valence-electron chi connectivity index (χ0n) is 12.6. The normalized spacial score (nSPS) is 20.6. The molecule has 1 aliphatic rings. The number of rotatable bonds is 3. The number of likely N-dealkylation sites (N-methyl/N-ethyl adjacent to an activating group) is 1. The average molecular weight is 264 g/mol. The maximum atomic E-state index is 12.5. The molecule has 5 nitrogen and oxygen atoms in total. The van der Waals surface area contributed by atoms with Crippen molar-refractivity contribution in [2.75, 3.05) is 13.6 Å². The Morgan fingerprint density at radius 2 is 2.16 bits per heavy atom. The summed E-state index contributed by atoms with van der Waals surface area (Å²) in [7, 11) is 3.98. The Labute approximate surface area is 115 Å². The number of hydrogen-bond acceptors (Lipinski definition) is 3. The SMILES string of the molecule is CN(Cc1nccn1C)C1CCN(C(C)(C)C)C1=O. The molecule has 0 aromatic carbocycles. The molecule has 2 rings (SSSR count). The van der Waals surface area contributed by atoms with Crippen molar-refractivity contribution in [3.05, 3.63) is 18.2 Å². The third-order valence-corrected chi connectivity index (χ3v) is 3.83. The van der Waals surface area contributed by atoms with Crippen molar-refractivity contribution in [3.63, 3.8) is 0 Å². The van der Waals surface area contributed by atoms with Crippen molar-refractivity contribution in [1.29, 1.82) is 0 Å². The second kappa shape index (κ2) is 4.96. The fourth-order valence-corrected chi connectivity index (χ4v) is 2.62. The Morgan fingerprint density at radius 1 is 1.47 bits per heavy atom. The number of amides is 1. The zero-order chi connectivity index (χ0) is 14.2. The molecule has 106 valence electrons. The molecule has 0 N–H and O–H groups in total. The summed E-state index contributed by atoms with van der Waals surface area (Å²) in [5.74, 6) is 1.23. The third-order valence-electron chi connectivity index (χ3n) is 3.83. The Kier molecular flexibility index (Phi) is 3.67. The van der Waals surface area contributed by atoms with Gasteiger partial charge < -0.3 is 9.47 Å². The largest absolute Gasteiger partial charge is 0.337 e. The highest BCUT2D eigenvalue weighted by Gasteiger charge is 2.39. The van der Waals surface area contributed by atoms with Crippen LogP contribution in [0.25, 0.3) is 0 Å². The summed E-state index contributed by atoms with van der Waals surface area (Å²) in [5.41, 5.74) is -0.0874. The Hall–Kier alpha value is -1.36. The van der Waals surface area contributed by atoms with Crippen LogP contribution in [0.4, 0.5) is 0 Å². The molecule has 1 aromatic heterocycles. The van der Waals surface area contributed by atoms with Gasteiger partial charge in [0.25, 0.3) is 0 Å². The van der Waals surface area contributed by atoms with Crippen LogP contribution in [0.3, 0.4) is 0 Å². The predicted octanol–water partition coefficient (Wildman–Crippen LogP) is 1.25. The maximum absolute atomic E-state index is 12.5. The van der Waals surface area contributed by atoms with E-state index in [1.165, 1.54) is 0 Å². The van der Waals surface area contributed by atoms with Crippen molar-refractivity contribution in [3.8, 4) is 0 Å². The molecule has 0 spiro atoms. The van der Waals surface area contributed by atoms with Crippen molar-refractivity contribution in [2.24, 2.45) is 7.05 Å². The van der Waals surface area contributed by atoms with E-state index < -0.39 is 0 Å². The fraction of sp³-hybridized carbons (Fsp3) is 0.714. The van der Waals surface area contributed by atoms with Crippen LogP contribution in [0.1, 0.15) is 33.0 Å². The summed E-state index contributed by atoms with van der Waals surface area (Å²) in [4.78, 5) is 20.9. The first kappa shape index (κ1) is 14.1. The Balaban J connectivity index is 2.04. The molecule has 1 saturated heterocycles. The highest BCUT2D eigenvalue weighted by molar-refractivity contribution is 5.84. The van der Waals surface area contributed by atoms with E-state index in [1.807, 2.05) is 29.8 Å². The topological polar surface area (TPSA) is 41.4 Å². The van der Waals surface area contributed by atoms with Crippen LogP contribution >= 0.6 is 0 Å². The van der Waals surface area contributed by atoms with Gasteiger partial charge in [-0.1, -0.05) is 0 Å². The van der Waals surface area contributed by atoms with Gasteiger partial charge in [0.05, 0.1) is 12.6 Å². The summed E-state index contributed by atoms with van der Waals surface area (Å²) in [6, 6.07) is -0.0177. The van der Waals surface area contributed by atoms with Gasteiger partial charge in [-0.3, -0.25) is 9.69 Å². The first-order valence-corrected chi connectivity index (χ1v) is 6.78. The molecule has 5 heteroatoms. The lowest BCUT2D eigenvalue weighted by Crippen LogP contribution is -2.47. The molecular formula is C14H24N4O. The molecule has 0 radical (unpaired) electrons.